The molecule has 1 saturated carbocycles. The Hall–Kier alpha value is -1.66. The minimum absolute atomic E-state index is 0.0995. The van der Waals surface area contributed by atoms with Gasteiger partial charge >= 0.3 is 0 Å². The van der Waals surface area contributed by atoms with Gasteiger partial charge in [-0.25, -0.2) is 8.42 Å². The van der Waals surface area contributed by atoms with Crippen LogP contribution in [-0.2, 0) is 22.3 Å². The molecule has 0 spiro atoms. The van der Waals surface area contributed by atoms with Crippen LogP contribution in [-0.4, -0.2) is 23.9 Å². The first-order valence-corrected chi connectivity index (χ1v) is 9.02. The van der Waals surface area contributed by atoms with Crippen LogP contribution >= 0.6 is 0 Å². The Bertz CT molecular complexity index is 763. The molecule has 1 heterocycles. The Morgan fingerprint density at radius 1 is 1.23 bits per heavy atom. The van der Waals surface area contributed by atoms with E-state index in [1.54, 1.807) is 4.31 Å². The van der Waals surface area contributed by atoms with Crippen LogP contribution in [0.3, 0.4) is 0 Å². The summed E-state index contributed by atoms with van der Waals surface area (Å²) in [4.78, 5) is 0. The lowest BCUT2D eigenvalue weighted by Gasteiger charge is -2.22. The topological polar surface area (TPSA) is 63.4 Å². The lowest BCUT2D eigenvalue weighted by molar-refractivity contribution is 0.392. The Morgan fingerprint density at radius 2 is 1.95 bits per heavy atom. The maximum Gasteiger partial charge on any atom is 0.220 e. The number of benzene rings is 1. The third kappa shape index (κ3) is 3.23. The number of hydrogen-bond donors (Lipinski definition) is 0. The van der Waals surface area contributed by atoms with Crippen molar-refractivity contribution < 1.29 is 12.9 Å². The molecule has 0 N–H and O–H groups in total. The number of nitrogens with zero attached hydrogens (tertiary/aromatic N) is 2. The molecule has 0 unspecified atom stereocenters. The van der Waals surface area contributed by atoms with Gasteiger partial charge in [0.1, 0.15) is 17.7 Å². The van der Waals surface area contributed by atoms with Crippen LogP contribution in [0.1, 0.15) is 35.2 Å². The largest absolute Gasteiger partial charge is 0.364 e. The summed E-state index contributed by atoms with van der Waals surface area (Å²) in [6.45, 7) is 4.25. The zero-order valence-electron chi connectivity index (χ0n) is 12.8. The fraction of sp³-hybridized carbons (Fsp3) is 0.438. The minimum Gasteiger partial charge on any atom is -0.364 e. The molecule has 0 saturated heterocycles. The van der Waals surface area contributed by atoms with Gasteiger partial charge in [-0.2, -0.15) is 4.31 Å². The van der Waals surface area contributed by atoms with Crippen molar-refractivity contribution in [2.75, 3.05) is 0 Å². The number of sulfonamides is 1. The molecule has 0 aliphatic heterocycles. The zero-order valence-corrected chi connectivity index (χ0v) is 13.6. The smallest absolute Gasteiger partial charge is 0.220 e. The highest BCUT2D eigenvalue weighted by Gasteiger charge is 2.37. The SMILES string of the molecule is Cc1ccccc1CN(C1CC1)S(=O)(=O)Cc1nocc1C. The molecule has 0 radical (unpaired) electrons. The van der Waals surface area contributed by atoms with Crippen molar-refractivity contribution in [1.29, 1.82) is 0 Å². The Morgan fingerprint density at radius 3 is 2.55 bits per heavy atom. The minimum atomic E-state index is -3.41. The normalized spacial score (nSPS) is 15.4. The highest BCUT2D eigenvalue weighted by molar-refractivity contribution is 7.88. The van der Waals surface area contributed by atoms with Crippen LogP contribution in [0.5, 0.6) is 0 Å². The first-order chi connectivity index (χ1) is 10.5. The monoisotopic (exact) mass is 320 g/mol. The van der Waals surface area contributed by atoms with E-state index in [2.05, 4.69) is 5.16 Å². The number of hydrogen-bond acceptors (Lipinski definition) is 4. The molecule has 118 valence electrons. The molecule has 3 rings (SSSR count). The van der Waals surface area contributed by atoms with Gasteiger partial charge in [-0.3, -0.25) is 0 Å². The van der Waals surface area contributed by atoms with Gasteiger partial charge in [-0.1, -0.05) is 29.4 Å². The van der Waals surface area contributed by atoms with Crippen LogP contribution in [0.15, 0.2) is 35.1 Å². The highest BCUT2D eigenvalue weighted by Crippen LogP contribution is 2.32. The maximum atomic E-state index is 12.8. The van der Waals surface area contributed by atoms with Gasteiger partial charge in [0.05, 0.1) is 0 Å². The summed E-state index contributed by atoms with van der Waals surface area (Å²) in [6, 6.07) is 8.03. The van der Waals surface area contributed by atoms with Gasteiger partial charge in [0.25, 0.3) is 0 Å². The van der Waals surface area contributed by atoms with Gasteiger partial charge in [-0.15, -0.1) is 0 Å². The summed E-state index contributed by atoms with van der Waals surface area (Å²) in [5.41, 5.74) is 3.43. The van der Waals surface area contributed by atoms with Gasteiger partial charge in [-0.05, 0) is 37.8 Å². The van der Waals surface area contributed by atoms with Crippen molar-refractivity contribution in [1.82, 2.24) is 9.46 Å². The first kappa shape index (κ1) is 15.2. The van der Waals surface area contributed by atoms with Gasteiger partial charge in [0, 0.05) is 18.2 Å². The predicted molar refractivity (Wildman–Crippen MR) is 83.6 cm³/mol. The summed E-state index contributed by atoms with van der Waals surface area (Å²) in [7, 11) is -3.41. The molecule has 1 fully saturated rings. The summed E-state index contributed by atoms with van der Waals surface area (Å²) < 4.78 is 32.1. The van der Waals surface area contributed by atoms with Crippen molar-refractivity contribution in [3.05, 3.63) is 52.9 Å². The lowest BCUT2D eigenvalue weighted by Crippen LogP contribution is -2.34. The van der Waals surface area contributed by atoms with E-state index in [9.17, 15) is 8.42 Å². The van der Waals surface area contributed by atoms with Crippen molar-refractivity contribution >= 4 is 10.0 Å². The van der Waals surface area contributed by atoms with Crippen LogP contribution < -0.4 is 0 Å². The van der Waals surface area contributed by atoms with E-state index in [1.165, 1.54) is 6.26 Å². The molecular formula is C16H20N2O3S. The Labute approximate surface area is 131 Å². The predicted octanol–water partition coefficient (Wildman–Crippen LogP) is 2.79. The van der Waals surface area contributed by atoms with Crippen molar-refractivity contribution in [2.24, 2.45) is 0 Å². The average Bonchev–Trinajstić information content (AvgIpc) is 3.22. The van der Waals surface area contributed by atoms with Crippen LogP contribution in [0.2, 0.25) is 0 Å². The van der Waals surface area contributed by atoms with Gasteiger partial charge in [0.15, 0.2) is 0 Å². The van der Waals surface area contributed by atoms with Gasteiger partial charge < -0.3 is 4.52 Å². The quantitative estimate of drug-likeness (QED) is 0.821. The zero-order chi connectivity index (χ0) is 15.7. The third-order valence-electron chi connectivity index (χ3n) is 4.07. The molecule has 22 heavy (non-hydrogen) atoms. The molecular weight excluding hydrogens is 300 g/mol. The molecule has 1 aliphatic rings. The molecule has 1 aromatic carbocycles. The molecule has 0 amide bonds. The van der Waals surface area contributed by atoms with Crippen molar-refractivity contribution in [2.45, 2.75) is 45.0 Å². The Balaban J connectivity index is 1.84. The fourth-order valence-electron chi connectivity index (χ4n) is 2.48. The molecule has 1 aliphatic carbocycles. The average molecular weight is 320 g/mol. The van der Waals surface area contributed by atoms with E-state index in [0.29, 0.717) is 12.2 Å². The molecule has 0 bridgehead atoms. The van der Waals surface area contributed by atoms with E-state index in [0.717, 1.165) is 29.5 Å². The second-order valence-corrected chi connectivity index (χ2v) is 7.82. The molecule has 2 aromatic rings. The number of aromatic nitrogens is 1. The second kappa shape index (κ2) is 5.85. The summed E-state index contributed by atoms with van der Waals surface area (Å²) >= 11 is 0. The maximum absolute atomic E-state index is 12.8. The second-order valence-electron chi connectivity index (χ2n) is 5.90. The molecule has 1 aromatic heterocycles. The summed E-state index contributed by atoms with van der Waals surface area (Å²) in [5.74, 6) is -0.0995. The van der Waals surface area contributed by atoms with Crippen molar-refractivity contribution in [3.63, 3.8) is 0 Å². The highest BCUT2D eigenvalue weighted by atomic mass is 32.2. The number of aryl methyl sites for hydroxylation is 2. The van der Waals surface area contributed by atoms with E-state index >= 15 is 0 Å². The fourth-order valence-corrected chi connectivity index (χ4v) is 4.27. The lowest BCUT2D eigenvalue weighted by atomic mass is 10.1. The van der Waals surface area contributed by atoms with E-state index in [4.69, 9.17) is 4.52 Å². The van der Waals surface area contributed by atoms with E-state index in [-0.39, 0.29) is 11.8 Å². The standard InChI is InChI=1S/C16H20N2O3S/c1-12-5-3-4-6-14(12)9-18(15-7-8-15)22(19,20)11-16-13(2)10-21-17-16/h3-6,10,15H,7-9,11H2,1-2H3. The first-order valence-electron chi connectivity index (χ1n) is 7.41. The summed E-state index contributed by atoms with van der Waals surface area (Å²) in [6.07, 6.45) is 3.35. The molecule has 6 heteroatoms. The summed E-state index contributed by atoms with van der Waals surface area (Å²) in [5, 5.41) is 3.81. The molecule has 0 atom stereocenters. The number of rotatable bonds is 6. The van der Waals surface area contributed by atoms with Crippen LogP contribution in [0.25, 0.3) is 0 Å². The van der Waals surface area contributed by atoms with E-state index in [1.807, 2.05) is 38.1 Å². The van der Waals surface area contributed by atoms with Crippen molar-refractivity contribution in [3.8, 4) is 0 Å². The van der Waals surface area contributed by atoms with Crippen LogP contribution in [0, 0.1) is 13.8 Å². The Kier molecular flexibility index (Phi) is 4.06. The molecule has 5 nitrogen and oxygen atoms in total. The van der Waals surface area contributed by atoms with Gasteiger partial charge in [0.2, 0.25) is 10.0 Å². The van der Waals surface area contributed by atoms with E-state index < -0.39 is 10.0 Å². The van der Waals surface area contributed by atoms with Crippen LogP contribution in [0.4, 0.5) is 0 Å². The third-order valence-corrected chi connectivity index (χ3v) is 5.85.